The third-order valence-corrected chi connectivity index (χ3v) is 2.80. The molecule has 16 heavy (non-hydrogen) atoms. The molecule has 0 saturated heterocycles. The van der Waals surface area contributed by atoms with Gasteiger partial charge in [0.25, 0.3) is 0 Å². The van der Waals surface area contributed by atoms with Gasteiger partial charge in [0.2, 0.25) is 0 Å². The van der Waals surface area contributed by atoms with Gasteiger partial charge in [-0.05, 0) is 20.8 Å². The molecule has 6 nitrogen and oxygen atoms in total. The Hall–Kier alpha value is -1.69. The average molecular weight is 220 g/mol. The molecule has 2 aromatic heterocycles. The van der Waals surface area contributed by atoms with Crippen LogP contribution in [0.2, 0.25) is 0 Å². The second kappa shape index (κ2) is 3.71. The van der Waals surface area contributed by atoms with Gasteiger partial charge in [0.05, 0.1) is 6.33 Å². The van der Waals surface area contributed by atoms with Crippen molar-refractivity contribution in [3.63, 3.8) is 0 Å². The molecule has 0 aliphatic heterocycles. The number of aromatic nitrogens is 4. The number of H-pyrrole nitrogens is 1. The van der Waals surface area contributed by atoms with Gasteiger partial charge in [0.1, 0.15) is 11.8 Å². The van der Waals surface area contributed by atoms with Crippen molar-refractivity contribution in [1.29, 1.82) is 0 Å². The molecule has 2 rings (SSSR count). The van der Waals surface area contributed by atoms with Crippen LogP contribution in [0.1, 0.15) is 20.8 Å². The third-order valence-electron chi connectivity index (χ3n) is 2.80. The molecule has 86 valence electrons. The molecule has 4 N–H and O–H groups in total. The van der Waals surface area contributed by atoms with Gasteiger partial charge in [-0.3, -0.25) is 0 Å². The largest absolute Gasteiger partial charge is 0.362 e. The van der Waals surface area contributed by atoms with E-state index in [1.54, 1.807) is 6.33 Å². The second-order valence-corrected chi connectivity index (χ2v) is 4.46. The Morgan fingerprint density at radius 3 is 2.81 bits per heavy atom. The fourth-order valence-electron chi connectivity index (χ4n) is 1.28. The van der Waals surface area contributed by atoms with Gasteiger partial charge >= 0.3 is 0 Å². The van der Waals surface area contributed by atoms with E-state index < -0.39 is 0 Å². The first-order chi connectivity index (χ1) is 7.50. The molecule has 0 aromatic carbocycles. The maximum atomic E-state index is 5.91. The number of anilines is 1. The van der Waals surface area contributed by atoms with Crippen LogP contribution < -0.4 is 11.1 Å². The minimum atomic E-state index is -0.244. The Kier molecular flexibility index (Phi) is 2.51. The Bertz CT molecular complexity index is 487. The number of fused-ring (bicyclic) bond motifs is 1. The van der Waals surface area contributed by atoms with Crippen molar-refractivity contribution < 1.29 is 0 Å². The van der Waals surface area contributed by atoms with E-state index in [4.69, 9.17) is 5.73 Å². The number of hydrogen-bond acceptors (Lipinski definition) is 5. The molecule has 0 fully saturated rings. The minimum Gasteiger partial charge on any atom is -0.362 e. The lowest BCUT2D eigenvalue weighted by atomic mass is 9.97. The highest BCUT2D eigenvalue weighted by Crippen LogP contribution is 2.20. The summed E-state index contributed by atoms with van der Waals surface area (Å²) >= 11 is 0. The molecule has 0 aliphatic carbocycles. The minimum absolute atomic E-state index is 0.000404. The first-order valence-electron chi connectivity index (χ1n) is 5.18. The van der Waals surface area contributed by atoms with E-state index in [-0.39, 0.29) is 11.6 Å². The molecule has 0 aliphatic rings. The number of nitrogens with zero attached hydrogens (tertiary/aromatic N) is 3. The second-order valence-electron chi connectivity index (χ2n) is 4.46. The molecular formula is C10H16N6. The van der Waals surface area contributed by atoms with Crippen LogP contribution in [0, 0.1) is 0 Å². The predicted octanol–water partition coefficient (Wildman–Crippen LogP) is 0.891. The quantitative estimate of drug-likeness (QED) is 0.714. The zero-order valence-electron chi connectivity index (χ0n) is 9.65. The summed E-state index contributed by atoms with van der Waals surface area (Å²) in [7, 11) is 0. The predicted molar refractivity (Wildman–Crippen MR) is 63.0 cm³/mol. The maximum absolute atomic E-state index is 5.91. The third kappa shape index (κ3) is 1.83. The topological polar surface area (TPSA) is 92.5 Å². The van der Waals surface area contributed by atoms with Crippen LogP contribution in [0.4, 0.5) is 5.82 Å². The van der Waals surface area contributed by atoms with Crippen LogP contribution in [-0.4, -0.2) is 31.5 Å². The van der Waals surface area contributed by atoms with Crippen LogP contribution in [0.25, 0.3) is 11.2 Å². The number of imidazole rings is 1. The van der Waals surface area contributed by atoms with Crippen molar-refractivity contribution in [3.8, 4) is 0 Å². The van der Waals surface area contributed by atoms with E-state index in [1.165, 1.54) is 6.33 Å². The molecule has 0 saturated carbocycles. The fraction of sp³-hybridized carbons (Fsp3) is 0.500. The van der Waals surface area contributed by atoms with Gasteiger partial charge < -0.3 is 16.0 Å². The van der Waals surface area contributed by atoms with E-state index in [9.17, 15) is 0 Å². The summed E-state index contributed by atoms with van der Waals surface area (Å²) in [5.74, 6) is 0.727. The fourth-order valence-corrected chi connectivity index (χ4v) is 1.28. The number of aromatic amines is 1. The zero-order valence-corrected chi connectivity index (χ0v) is 9.65. The van der Waals surface area contributed by atoms with E-state index in [0.29, 0.717) is 5.65 Å². The maximum Gasteiger partial charge on any atom is 0.182 e. The van der Waals surface area contributed by atoms with Crippen molar-refractivity contribution in [1.82, 2.24) is 19.9 Å². The zero-order chi connectivity index (χ0) is 11.8. The standard InChI is InChI=1S/C10H16N6/c1-6(11)10(2,3)16-9-7-8(13-4-12-7)14-5-15-9/h4-6H,11H2,1-3H3,(H2,12,13,14,15,16). The molecular weight excluding hydrogens is 204 g/mol. The van der Waals surface area contributed by atoms with Crippen LogP contribution in [0.5, 0.6) is 0 Å². The Morgan fingerprint density at radius 2 is 2.12 bits per heavy atom. The number of nitrogens with one attached hydrogen (secondary N) is 2. The lowest BCUT2D eigenvalue weighted by Gasteiger charge is -2.30. The highest BCUT2D eigenvalue weighted by Gasteiger charge is 2.24. The van der Waals surface area contributed by atoms with Crippen LogP contribution in [0.15, 0.2) is 12.7 Å². The lowest BCUT2D eigenvalue weighted by Crippen LogP contribution is -2.47. The van der Waals surface area contributed by atoms with E-state index in [1.807, 2.05) is 20.8 Å². The van der Waals surface area contributed by atoms with Crippen LogP contribution >= 0.6 is 0 Å². The summed E-state index contributed by atoms with van der Waals surface area (Å²) in [5.41, 5.74) is 7.11. The van der Waals surface area contributed by atoms with Gasteiger partial charge in [-0.25, -0.2) is 15.0 Å². The molecule has 0 radical (unpaired) electrons. The van der Waals surface area contributed by atoms with Crippen molar-refractivity contribution in [2.24, 2.45) is 5.73 Å². The average Bonchev–Trinajstić information content (AvgIpc) is 2.65. The summed E-state index contributed by atoms with van der Waals surface area (Å²) in [6, 6.07) is 0.000404. The van der Waals surface area contributed by atoms with Crippen molar-refractivity contribution in [3.05, 3.63) is 12.7 Å². The van der Waals surface area contributed by atoms with Crippen LogP contribution in [0.3, 0.4) is 0 Å². The first-order valence-corrected chi connectivity index (χ1v) is 5.18. The number of hydrogen-bond donors (Lipinski definition) is 3. The Balaban J connectivity index is 2.37. The lowest BCUT2D eigenvalue weighted by molar-refractivity contribution is 0.469. The van der Waals surface area contributed by atoms with E-state index >= 15 is 0 Å². The monoisotopic (exact) mass is 220 g/mol. The molecule has 1 atom stereocenters. The van der Waals surface area contributed by atoms with Crippen molar-refractivity contribution in [2.75, 3.05) is 5.32 Å². The number of rotatable bonds is 3. The van der Waals surface area contributed by atoms with Crippen LogP contribution in [-0.2, 0) is 0 Å². The van der Waals surface area contributed by atoms with Gasteiger partial charge in [-0.1, -0.05) is 0 Å². The summed E-state index contributed by atoms with van der Waals surface area (Å²) < 4.78 is 0. The van der Waals surface area contributed by atoms with E-state index in [0.717, 1.165) is 11.3 Å². The van der Waals surface area contributed by atoms with Gasteiger partial charge in [-0.2, -0.15) is 0 Å². The first kappa shape index (κ1) is 10.8. The van der Waals surface area contributed by atoms with Crippen molar-refractivity contribution in [2.45, 2.75) is 32.4 Å². The molecule has 1 unspecified atom stereocenters. The highest BCUT2D eigenvalue weighted by atomic mass is 15.1. The molecule has 2 aromatic rings. The van der Waals surface area contributed by atoms with Gasteiger partial charge in [0, 0.05) is 11.6 Å². The SMILES string of the molecule is CC(N)C(C)(C)Nc1ncnc2nc[nH]c12. The van der Waals surface area contributed by atoms with Gasteiger partial charge in [-0.15, -0.1) is 0 Å². The Labute approximate surface area is 93.7 Å². The molecule has 2 heterocycles. The molecule has 6 heteroatoms. The smallest absolute Gasteiger partial charge is 0.182 e. The summed E-state index contributed by atoms with van der Waals surface area (Å²) in [6.07, 6.45) is 3.09. The molecule has 0 bridgehead atoms. The normalized spacial score (nSPS) is 14.0. The van der Waals surface area contributed by atoms with Crippen molar-refractivity contribution >= 4 is 17.0 Å². The van der Waals surface area contributed by atoms with Gasteiger partial charge in [0.15, 0.2) is 11.5 Å². The number of nitrogens with two attached hydrogens (primary N) is 1. The summed E-state index contributed by atoms with van der Waals surface area (Å²) in [4.78, 5) is 15.3. The Morgan fingerprint density at radius 1 is 1.38 bits per heavy atom. The molecule has 0 spiro atoms. The summed E-state index contributed by atoms with van der Waals surface area (Å²) in [6.45, 7) is 6.02. The summed E-state index contributed by atoms with van der Waals surface area (Å²) in [5, 5.41) is 3.30. The van der Waals surface area contributed by atoms with E-state index in [2.05, 4.69) is 25.3 Å². The highest BCUT2D eigenvalue weighted by molar-refractivity contribution is 5.82. The molecule has 0 amide bonds.